The Kier molecular flexibility index (Phi) is 3.76. The van der Waals surface area contributed by atoms with Crippen molar-refractivity contribution in [3.8, 4) is 11.3 Å². The maximum absolute atomic E-state index is 7.50. The van der Waals surface area contributed by atoms with Gasteiger partial charge in [-0.1, -0.05) is 0 Å². The average molecular weight is 359 g/mol. The van der Waals surface area contributed by atoms with Crippen molar-refractivity contribution in [3.05, 3.63) is 47.7 Å². The molecule has 0 aliphatic carbocycles. The van der Waals surface area contributed by atoms with Crippen LogP contribution in [-0.4, -0.2) is 18.3 Å². The van der Waals surface area contributed by atoms with Gasteiger partial charge in [-0.25, -0.2) is 0 Å². The van der Waals surface area contributed by atoms with E-state index in [0.29, 0.717) is 5.56 Å². The molecule has 1 heterocycles. The summed E-state index contributed by atoms with van der Waals surface area (Å²) in [7, 11) is 0. The monoisotopic (exact) mass is 360 g/mol. The van der Waals surface area contributed by atoms with E-state index in [1.165, 1.54) is 9.96 Å². The van der Waals surface area contributed by atoms with Gasteiger partial charge >= 0.3 is 142 Å². The summed E-state index contributed by atoms with van der Waals surface area (Å²) >= 11 is -2.00. The van der Waals surface area contributed by atoms with Crippen molar-refractivity contribution in [3.63, 3.8) is 0 Å². The third kappa shape index (κ3) is 4.45. The van der Waals surface area contributed by atoms with Crippen LogP contribution < -0.4 is 4.40 Å². The molecule has 2 rings (SSSR count). The summed E-state index contributed by atoms with van der Waals surface area (Å²) in [5.41, 5.74) is 3.87. The van der Waals surface area contributed by atoms with Crippen LogP contribution >= 0.6 is 0 Å². The molecule has 0 atom stereocenters. The Morgan fingerprint density at radius 1 is 1.09 bits per heavy atom. The van der Waals surface area contributed by atoms with E-state index in [1.54, 1.807) is 12.1 Å². The van der Waals surface area contributed by atoms with Crippen molar-refractivity contribution in [2.75, 3.05) is 0 Å². The summed E-state index contributed by atoms with van der Waals surface area (Å²) in [5, 5.41) is 0. The first kappa shape index (κ1) is 13.4. The van der Waals surface area contributed by atoms with E-state index in [2.05, 4.69) is 50.3 Å². The van der Waals surface area contributed by atoms with E-state index in [1.807, 2.05) is 12.1 Å². The van der Waals surface area contributed by atoms with Crippen LogP contribution in [0.15, 0.2) is 36.5 Å². The van der Waals surface area contributed by atoms with Crippen molar-refractivity contribution in [2.24, 2.45) is 5.41 Å². The minimum absolute atomic E-state index is 0.214. The topological polar surface area (TPSA) is 12.9 Å². The summed E-state index contributed by atoms with van der Waals surface area (Å²) in [5.74, 6) is 7.19. The molecular formula is C20H29GeN. The van der Waals surface area contributed by atoms with Gasteiger partial charge < -0.3 is 0 Å². The second-order valence-corrected chi connectivity index (χ2v) is 18.9. The normalized spacial score (nSPS) is 15.1. The van der Waals surface area contributed by atoms with Crippen molar-refractivity contribution >= 4 is 17.7 Å². The summed E-state index contributed by atoms with van der Waals surface area (Å²) in [6, 6.07) is 9.31. The second-order valence-electron chi connectivity index (χ2n) is 8.29. The number of hydrogen-bond donors (Lipinski definition) is 0. The molecule has 0 aliphatic rings. The van der Waals surface area contributed by atoms with Gasteiger partial charge in [0.1, 0.15) is 0 Å². The fourth-order valence-corrected chi connectivity index (χ4v) is 5.99. The molecule has 118 valence electrons. The van der Waals surface area contributed by atoms with Gasteiger partial charge in [0.15, 0.2) is 0 Å². The molecule has 0 spiro atoms. The number of nitrogens with zero attached hydrogens (tertiary/aromatic N) is 1. The van der Waals surface area contributed by atoms with E-state index < -0.39 is 20.1 Å². The molecule has 0 fully saturated rings. The first-order valence-corrected chi connectivity index (χ1v) is 15.2. The van der Waals surface area contributed by atoms with E-state index in [9.17, 15) is 0 Å². The fourth-order valence-electron chi connectivity index (χ4n) is 2.69. The zero-order chi connectivity index (χ0) is 19.0. The van der Waals surface area contributed by atoms with Gasteiger partial charge in [0.25, 0.3) is 0 Å². The third-order valence-electron chi connectivity index (χ3n) is 3.70. The molecule has 0 saturated heterocycles. The zero-order valence-electron chi connectivity index (χ0n) is 17.6. The second kappa shape index (κ2) is 6.19. The van der Waals surface area contributed by atoms with Crippen LogP contribution in [0.3, 0.4) is 0 Å². The Bertz CT molecular complexity index is 736. The van der Waals surface area contributed by atoms with Crippen LogP contribution in [0.4, 0.5) is 0 Å². The standard InChI is InChI=1S/C20H29GeN/c1-15-8-10-16(11-9-15)19-12-17(13-20(2,3)4)18(14-22-19)21(5,6)7/h8-12,14H,13H2,1-7H3/i1D3. The molecule has 0 bridgehead atoms. The van der Waals surface area contributed by atoms with Crippen LogP contribution in [0, 0.1) is 12.3 Å². The molecule has 0 aliphatic heterocycles. The molecular weight excluding hydrogens is 327 g/mol. The van der Waals surface area contributed by atoms with E-state index in [4.69, 9.17) is 9.10 Å². The van der Waals surface area contributed by atoms with Crippen LogP contribution in [0.5, 0.6) is 0 Å². The Morgan fingerprint density at radius 2 is 1.73 bits per heavy atom. The molecule has 0 unspecified atom stereocenters. The molecule has 1 nitrogen and oxygen atoms in total. The molecule has 0 N–H and O–H groups in total. The molecule has 0 amide bonds. The molecule has 2 aromatic rings. The zero-order valence-corrected chi connectivity index (χ0v) is 16.7. The fraction of sp³-hybridized carbons (Fsp3) is 0.450. The summed E-state index contributed by atoms with van der Waals surface area (Å²) in [6.45, 7) is 4.72. The summed E-state index contributed by atoms with van der Waals surface area (Å²) in [6.07, 6.45) is 3.09. The maximum atomic E-state index is 7.50. The average Bonchev–Trinajstić information content (AvgIpc) is 2.43. The third-order valence-corrected chi connectivity index (χ3v) is 8.03. The van der Waals surface area contributed by atoms with Gasteiger partial charge in [0, 0.05) is 0 Å². The van der Waals surface area contributed by atoms with E-state index in [0.717, 1.165) is 17.7 Å². The quantitative estimate of drug-likeness (QED) is 0.688. The first-order valence-electron chi connectivity index (χ1n) is 9.38. The Morgan fingerprint density at radius 3 is 2.23 bits per heavy atom. The number of aromatic nitrogens is 1. The van der Waals surface area contributed by atoms with E-state index in [-0.39, 0.29) is 5.41 Å². The van der Waals surface area contributed by atoms with Crippen molar-refractivity contribution in [1.29, 1.82) is 0 Å². The predicted molar refractivity (Wildman–Crippen MR) is 101 cm³/mol. The minimum atomic E-state index is -2.06. The van der Waals surface area contributed by atoms with Gasteiger partial charge in [0.2, 0.25) is 0 Å². The van der Waals surface area contributed by atoms with Gasteiger partial charge in [0.05, 0.1) is 0 Å². The molecule has 2 heteroatoms. The van der Waals surface area contributed by atoms with Crippen molar-refractivity contribution in [2.45, 2.75) is 51.3 Å². The molecule has 0 radical (unpaired) electrons. The number of rotatable bonds is 3. The summed E-state index contributed by atoms with van der Waals surface area (Å²) in [4.78, 5) is 4.70. The SMILES string of the molecule is [2H]C([2H])([2H])c1ccc(-c2cc(CC(C)(C)C)[c]([Ge]([CH3])([CH3])[CH3])cn2)cc1. The van der Waals surface area contributed by atoms with Crippen LogP contribution in [0.25, 0.3) is 11.3 Å². The number of aryl methyl sites for hydroxylation is 1. The molecule has 0 saturated carbocycles. The van der Waals surface area contributed by atoms with Gasteiger partial charge in [-0.3, -0.25) is 0 Å². The van der Waals surface area contributed by atoms with Gasteiger partial charge in [-0.2, -0.15) is 0 Å². The van der Waals surface area contributed by atoms with Gasteiger partial charge in [-0.15, -0.1) is 0 Å². The Hall–Kier alpha value is -1.09. The summed E-state index contributed by atoms with van der Waals surface area (Å²) < 4.78 is 24.0. The number of benzene rings is 1. The molecule has 22 heavy (non-hydrogen) atoms. The first-order chi connectivity index (χ1) is 11.3. The Labute approximate surface area is 142 Å². The van der Waals surface area contributed by atoms with Crippen LogP contribution in [0.1, 0.15) is 36.0 Å². The molecule has 1 aromatic carbocycles. The van der Waals surface area contributed by atoms with Crippen molar-refractivity contribution in [1.82, 2.24) is 4.98 Å². The Balaban J connectivity index is 2.47. The van der Waals surface area contributed by atoms with Crippen molar-refractivity contribution < 1.29 is 4.11 Å². The predicted octanol–water partition coefficient (Wildman–Crippen LogP) is 5.19. The van der Waals surface area contributed by atoms with Crippen LogP contribution in [0.2, 0.25) is 17.3 Å². The number of hydrogen-bond acceptors (Lipinski definition) is 1. The van der Waals surface area contributed by atoms with Gasteiger partial charge in [-0.05, 0) is 0 Å². The van der Waals surface area contributed by atoms with E-state index >= 15 is 0 Å². The number of pyridine rings is 1. The molecule has 1 aromatic heterocycles. The van der Waals surface area contributed by atoms with Crippen LogP contribution in [-0.2, 0) is 6.42 Å².